The van der Waals surface area contributed by atoms with Crippen LogP contribution in [0.4, 0.5) is 10.2 Å². The normalized spacial score (nSPS) is 13.3. The highest BCUT2D eigenvalue weighted by molar-refractivity contribution is 5.60. The lowest BCUT2D eigenvalue weighted by Gasteiger charge is -2.11. The molecule has 1 aromatic carbocycles. The van der Waals surface area contributed by atoms with Gasteiger partial charge in [0.25, 0.3) is 0 Å². The summed E-state index contributed by atoms with van der Waals surface area (Å²) in [6, 6.07) is 6.36. The van der Waals surface area contributed by atoms with Crippen molar-refractivity contribution in [1.29, 1.82) is 0 Å². The van der Waals surface area contributed by atoms with Crippen LogP contribution >= 0.6 is 0 Å². The van der Waals surface area contributed by atoms with Crippen molar-refractivity contribution in [3.63, 3.8) is 0 Å². The van der Waals surface area contributed by atoms with Gasteiger partial charge in [0, 0.05) is 23.4 Å². The lowest BCUT2D eigenvalue weighted by atomic mass is 10.2. The van der Waals surface area contributed by atoms with E-state index in [-0.39, 0.29) is 5.82 Å². The van der Waals surface area contributed by atoms with Gasteiger partial charge in [-0.3, -0.25) is 0 Å². The largest absolute Gasteiger partial charge is 0.370 e. The van der Waals surface area contributed by atoms with Gasteiger partial charge < -0.3 is 5.32 Å². The molecule has 0 spiro atoms. The molecule has 20 heavy (non-hydrogen) atoms. The van der Waals surface area contributed by atoms with Gasteiger partial charge in [-0.25, -0.2) is 14.4 Å². The molecule has 1 aliphatic rings. The summed E-state index contributed by atoms with van der Waals surface area (Å²) < 4.78 is 13.0. The smallest absolute Gasteiger partial charge is 0.161 e. The minimum absolute atomic E-state index is 0.237. The van der Waals surface area contributed by atoms with Gasteiger partial charge in [-0.15, -0.1) is 0 Å². The van der Waals surface area contributed by atoms with Crippen molar-refractivity contribution in [3.05, 3.63) is 41.3 Å². The number of aromatic nitrogens is 2. The third-order valence-corrected chi connectivity index (χ3v) is 3.58. The number of halogens is 1. The molecule has 2 aromatic rings. The molecule has 0 amide bonds. The summed E-state index contributed by atoms with van der Waals surface area (Å²) >= 11 is 0. The van der Waals surface area contributed by atoms with Crippen LogP contribution in [0.3, 0.4) is 0 Å². The minimum atomic E-state index is -0.237. The lowest BCUT2D eigenvalue weighted by molar-refractivity contribution is 0.628. The van der Waals surface area contributed by atoms with E-state index in [1.54, 1.807) is 12.1 Å². The number of hydrogen-bond donors (Lipinski definition) is 1. The predicted molar refractivity (Wildman–Crippen MR) is 78.2 cm³/mol. The van der Waals surface area contributed by atoms with E-state index in [4.69, 9.17) is 0 Å². The fraction of sp³-hybridized carbons (Fsp3) is 0.375. The van der Waals surface area contributed by atoms with Crippen molar-refractivity contribution >= 4 is 5.82 Å². The maximum atomic E-state index is 13.0. The van der Waals surface area contributed by atoms with Crippen LogP contribution in [0.2, 0.25) is 0 Å². The molecule has 0 bridgehead atoms. The first-order valence-electron chi connectivity index (χ1n) is 7.17. The predicted octanol–water partition coefficient (Wildman–Crippen LogP) is 3.59. The highest BCUT2D eigenvalue weighted by Gasteiger charge is 2.19. The molecule has 1 aliphatic carbocycles. The molecular formula is C16H18FN3. The average Bonchev–Trinajstić information content (AvgIpc) is 2.94. The average molecular weight is 271 g/mol. The number of nitrogens with zero attached hydrogens (tertiary/aromatic N) is 2. The first kappa shape index (κ1) is 13.0. The highest BCUT2D eigenvalue weighted by Crippen LogP contribution is 2.29. The van der Waals surface area contributed by atoms with Crippen LogP contribution in [-0.4, -0.2) is 16.5 Å². The highest BCUT2D eigenvalue weighted by atomic mass is 19.1. The van der Waals surface area contributed by atoms with E-state index in [1.165, 1.54) is 17.7 Å². The second-order valence-corrected chi connectivity index (χ2v) is 5.11. The Morgan fingerprint density at radius 2 is 1.95 bits per heavy atom. The Morgan fingerprint density at radius 1 is 1.15 bits per heavy atom. The summed E-state index contributed by atoms with van der Waals surface area (Å²) in [5.74, 6) is 1.40. The summed E-state index contributed by atoms with van der Waals surface area (Å²) in [7, 11) is 0. The van der Waals surface area contributed by atoms with Crippen LogP contribution in [0, 0.1) is 5.82 Å². The number of aryl methyl sites for hydroxylation is 1. The molecule has 0 saturated carbocycles. The number of rotatable bonds is 4. The molecule has 4 heteroatoms. The molecule has 104 valence electrons. The van der Waals surface area contributed by atoms with Crippen LogP contribution in [-0.2, 0) is 12.8 Å². The zero-order chi connectivity index (χ0) is 13.9. The molecule has 0 fully saturated rings. The maximum absolute atomic E-state index is 13.0. The van der Waals surface area contributed by atoms with Crippen LogP contribution in [0.5, 0.6) is 0 Å². The minimum Gasteiger partial charge on any atom is -0.370 e. The Bertz CT molecular complexity index is 608. The van der Waals surface area contributed by atoms with Crippen molar-refractivity contribution in [2.75, 3.05) is 11.9 Å². The molecule has 0 aliphatic heterocycles. The summed E-state index contributed by atoms with van der Waals surface area (Å²) in [4.78, 5) is 9.29. The Morgan fingerprint density at radius 3 is 2.70 bits per heavy atom. The van der Waals surface area contributed by atoms with E-state index in [1.807, 2.05) is 0 Å². The van der Waals surface area contributed by atoms with Crippen molar-refractivity contribution in [1.82, 2.24) is 9.97 Å². The lowest BCUT2D eigenvalue weighted by Crippen LogP contribution is -2.08. The molecule has 0 radical (unpaired) electrons. The first-order valence-corrected chi connectivity index (χ1v) is 7.17. The molecule has 1 aromatic heterocycles. The van der Waals surface area contributed by atoms with Gasteiger partial charge in [0.15, 0.2) is 5.82 Å². The van der Waals surface area contributed by atoms with E-state index in [0.717, 1.165) is 49.3 Å². The van der Waals surface area contributed by atoms with E-state index < -0.39 is 0 Å². The van der Waals surface area contributed by atoms with Crippen LogP contribution < -0.4 is 5.32 Å². The molecule has 3 nitrogen and oxygen atoms in total. The summed E-state index contributed by atoms with van der Waals surface area (Å²) in [5, 5.41) is 3.39. The van der Waals surface area contributed by atoms with Gasteiger partial charge in [-0.2, -0.15) is 0 Å². The second-order valence-electron chi connectivity index (χ2n) is 5.11. The van der Waals surface area contributed by atoms with Crippen molar-refractivity contribution < 1.29 is 4.39 Å². The molecular weight excluding hydrogens is 253 g/mol. The topological polar surface area (TPSA) is 37.8 Å². The maximum Gasteiger partial charge on any atom is 0.161 e. The number of hydrogen-bond acceptors (Lipinski definition) is 3. The molecule has 3 rings (SSSR count). The molecule has 1 heterocycles. The van der Waals surface area contributed by atoms with Crippen molar-refractivity contribution in [2.45, 2.75) is 32.6 Å². The third-order valence-electron chi connectivity index (χ3n) is 3.58. The van der Waals surface area contributed by atoms with Crippen LogP contribution in [0.1, 0.15) is 31.0 Å². The second kappa shape index (κ2) is 5.57. The SMILES string of the molecule is CCCNc1nc(-c2ccc(F)cc2)nc2c1CCC2. The molecule has 0 atom stereocenters. The zero-order valence-corrected chi connectivity index (χ0v) is 11.6. The van der Waals surface area contributed by atoms with E-state index in [2.05, 4.69) is 22.2 Å². The van der Waals surface area contributed by atoms with Gasteiger partial charge in [-0.1, -0.05) is 6.92 Å². The Kier molecular flexibility index (Phi) is 3.63. The van der Waals surface area contributed by atoms with Gasteiger partial charge in [0.05, 0.1) is 0 Å². The van der Waals surface area contributed by atoms with Gasteiger partial charge in [-0.05, 0) is 49.9 Å². The van der Waals surface area contributed by atoms with E-state index in [0.29, 0.717) is 5.82 Å². The Hall–Kier alpha value is -1.97. The van der Waals surface area contributed by atoms with Crippen molar-refractivity contribution in [2.24, 2.45) is 0 Å². The van der Waals surface area contributed by atoms with E-state index in [9.17, 15) is 4.39 Å². The zero-order valence-electron chi connectivity index (χ0n) is 11.6. The van der Waals surface area contributed by atoms with Gasteiger partial charge in [0.1, 0.15) is 11.6 Å². The number of nitrogens with one attached hydrogen (secondary N) is 1. The van der Waals surface area contributed by atoms with Crippen LogP contribution in [0.15, 0.2) is 24.3 Å². The molecule has 0 saturated heterocycles. The number of fused-ring (bicyclic) bond motifs is 1. The first-order chi connectivity index (χ1) is 9.78. The monoisotopic (exact) mass is 271 g/mol. The Labute approximate surface area is 118 Å². The van der Waals surface area contributed by atoms with Gasteiger partial charge in [0.2, 0.25) is 0 Å². The quantitative estimate of drug-likeness (QED) is 0.923. The van der Waals surface area contributed by atoms with Gasteiger partial charge >= 0.3 is 0 Å². The fourth-order valence-electron chi connectivity index (χ4n) is 2.55. The molecule has 0 unspecified atom stereocenters. The standard InChI is InChI=1S/C16H18FN3/c1-2-10-18-16-13-4-3-5-14(13)19-15(20-16)11-6-8-12(17)9-7-11/h6-9H,2-5,10H2,1H3,(H,18,19,20). The third kappa shape index (κ3) is 2.50. The fourth-order valence-corrected chi connectivity index (χ4v) is 2.55. The summed E-state index contributed by atoms with van der Waals surface area (Å²) in [6.07, 6.45) is 4.25. The van der Waals surface area contributed by atoms with Crippen molar-refractivity contribution in [3.8, 4) is 11.4 Å². The van der Waals surface area contributed by atoms with E-state index >= 15 is 0 Å². The summed E-state index contributed by atoms with van der Waals surface area (Å²) in [5.41, 5.74) is 3.25. The summed E-state index contributed by atoms with van der Waals surface area (Å²) in [6.45, 7) is 3.04. The Balaban J connectivity index is 2.01. The number of anilines is 1. The number of benzene rings is 1. The van der Waals surface area contributed by atoms with Crippen LogP contribution in [0.25, 0.3) is 11.4 Å². The molecule has 1 N–H and O–H groups in total.